The molecule has 1 fully saturated rings. The quantitative estimate of drug-likeness (QED) is 0.469. The number of ether oxygens (including phenoxy) is 1. The smallest absolute Gasteiger partial charge is 0.194 e. The van der Waals surface area contributed by atoms with E-state index in [-0.39, 0.29) is 0 Å². The highest BCUT2D eigenvalue weighted by molar-refractivity contribution is 5.80. The van der Waals surface area contributed by atoms with Crippen molar-refractivity contribution in [3.05, 3.63) is 83.7 Å². The molecule has 3 aromatic rings. The van der Waals surface area contributed by atoms with Crippen LogP contribution in [0.15, 0.2) is 76.4 Å². The van der Waals surface area contributed by atoms with Crippen LogP contribution in [0.25, 0.3) is 0 Å². The zero-order valence-electron chi connectivity index (χ0n) is 17.9. The van der Waals surface area contributed by atoms with Crippen LogP contribution < -0.4 is 10.1 Å². The molecule has 0 bridgehead atoms. The van der Waals surface area contributed by atoms with Crippen LogP contribution >= 0.6 is 0 Å². The number of piperazine rings is 1. The van der Waals surface area contributed by atoms with Crippen molar-refractivity contribution in [1.82, 2.24) is 20.3 Å². The van der Waals surface area contributed by atoms with E-state index in [1.54, 1.807) is 6.26 Å². The Morgan fingerprint density at radius 1 is 1.03 bits per heavy atom. The van der Waals surface area contributed by atoms with Crippen molar-refractivity contribution in [3.63, 3.8) is 0 Å². The minimum Gasteiger partial charge on any atom is -0.489 e. The summed E-state index contributed by atoms with van der Waals surface area (Å²) in [5, 5.41) is 7.50. The van der Waals surface area contributed by atoms with Crippen molar-refractivity contribution < 1.29 is 9.26 Å². The molecule has 0 unspecified atom stereocenters. The molecule has 7 heteroatoms. The highest BCUT2D eigenvalue weighted by atomic mass is 16.5. The van der Waals surface area contributed by atoms with Crippen molar-refractivity contribution in [2.24, 2.45) is 4.99 Å². The molecule has 1 saturated heterocycles. The van der Waals surface area contributed by atoms with Gasteiger partial charge in [0.1, 0.15) is 18.6 Å². The Morgan fingerprint density at radius 2 is 1.84 bits per heavy atom. The van der Waals surface area contributed by atoms with E-state index in [4.69, 9.17) is 9.26 Å². The van der Waals surface area contributed by atoms with E-state index < -0.39 is 0 Å². The SMILES string of the molecule is CN=C(NCc1cccc(OCc2ccccc2)c1)N1CCN(Cc2ccon2)CC1. The van der Waals surface area contributed by atoms with Gasteiger partial charge >= 0.3 is 0 Å². The first kappa shape index (κ1) is 20.9. The lowest BCUT2D eigenvalue weighted by Crippen LogP contribution is -2.52. The minimum absolute atomic E-state index is 0.567. The first-order valence-electron chi connectivity index (χ1n) is 10.6. The summed E-state index contributed by atoms with van der Waals surface area (Å²) in [6.07, 6.45) is 1.62. The Labute approximate surface area is 183 Å². The minimum atomic E-state index is 0.567. The first-order valence-corrected chi connectivity index (χ1v) is 10.6. The van der Waals surface area contributed by atoms with Crippen molar-refractivity contribution in [1.29, 1.82) is 0 Å². The first-order chi connectivity index (χ1) is 15.3. The zero-order chi connectivity index (χ0) is 21.3. The largest absolute Gasteiger partial charge is 0.489 e. The van der Waals surface area contributed by atoms with Gasteiger partial charge in [0.15, 0.2) is 5.96 Å². The number of hydrogen-bond acceptors (Lipinski definition) is 5. The maximum Gasteiger partial charge on any atom is 0.194 e. The van der Waals surface area contributed by atoms with Gasteiger partial charge in [0.05, 0.1) is 5.69 Å². The fraction of sp³-hybridized carbons (Fsp3) is 0.333. The maximum absolute atomic E-state index is 5.95. The van der Waals surface area contributed by atoms with Crippen molar-refractivity contribution in [2.45, 2.75) is 19.7 Å². The predicted molar refractivity (Wildman–Crippen MR) is 121 cm³/mol. The Bertz CT molecular complexity index is 951. The zero-order valence-corrected chi connectivity index (χ0v) is 17.9. The van der Waals surface area contributed by atoms with E-state index in [0.717, 1.165) is 61.3 Å². The van der Waals surface area contributed by atoms with Crippen LogP contribution in [0.5, 0.6) is 5.75 Å². The molecule has 0 saturated carbocycles. The maximum atomic E-state index is 5.95. The van der Waals surface area contributed by atoms with Crippen LogP contribution in [0.1, 0.15) is 16.8 Å². The summed E-state index contributed by atoms with van der Waals surface area (Å²) in [5.41, 5.74) is 3.30. The lowest BCUT2D eigenvalue weighted by atomic mass is 10.2. The van der Waals surface area contributed by atoms with Crippen molar-refractivity contribution >= 4 is 5.96 Å². The summed E-state index contributed by atoms with van der Waals surface area (Å²) < 4.78 is 10.9. The van der Waals surface area contributed by atoms with Crippen LogP contribution in [0.3, 0.4) is 0 Å². The van der Waals surface area contributed by atoms with Gasteiger partial charge < -0.3 is 19.5 Å². The number of benzene rings is 2. The standard InChI is InChI=1S/C24H29N5O2/c1-25-24(29-13-11-28(12-14-29)18-22-10-15-31-27-22)26-17-21-8-5-9-23(16-21)30-19-20-6-3-2-4-7-20/h2-10,15-16H,11-14,17-19H2,1H3,(H,25,26). The molecule has 0 radical (unpaired) electrons. The molecule has 2 aromatic carbocycles. The van der Waals surface area contributed by atoms with Gasteiger partial charge in [-0.05, 0) is 23.3 Å². The van der Waals surface area contributed by atoms with Crippen molar-refractivity contribution in [3.8, 4) is 5.75 Å². The molecule has 162 valence electrons. The number of nitrogens with zero attached hydrogens (tertiary/aromatic N) is 4. The van der Waals surface area contributed by atoms with E-state index in [1.165, 1.54) is 0 Å². The molecule has 1 N–H and O–H groups in total. The van der Waals surface area contributed by atoms with Gasteiger partial charge in [0, 0.05) is 52.4 Å². The highest BCUT2D eigenvalue weighted by Gasteiger charge is 2.20. The highest BCUT2D eigenvalue weighted by Crippen LogP contribution is 2.15. The van der Waals surface area contributed by atoms with Gasteiger partial charge in [-0.2, -0.15) is 0 Å². The monoisotopic (exact) mass is 419 g/mol. The van der Waals surface area contributed by atoms with Crippen LogP contribution in [0.4, 0.5) is 0 Å². The normalized spacial score (nSPS) is 15.1. The molecule has 1 aromatic heterocycles. The molecule has 7 nitrogen and oxygen atoms in total. The van der Waals surface area contributed by atoms with Gasteiger partial charge in [0.25, 0.3) is 0 Å². The predicted octanol–water partition coefficient (Wildman–Crippen LogP) is 3.15. The van der Waals surface area contributed by atoms with E-state index in [0.29, 0.717) is 13.2 Å². The fourth-order valence-corrected chi connectivity index (χ4v) is 3.67. The molecular formula is C24H29N5O2. The summed E-state index contributed by atoms with van der Waals surface area (Å²) >= 11 is 0. The van der Waals surface area contributed by atoms with Gasteiger partial charge in [0.2, 0.25) is 0 Å². The number of guanidine groups is 1. The molecule has 0 spiro atoms. The second-order valence-electron chi connectivity index (χ2n) is 7.58. The molecule has 1 aliphatic heterocycles. The van der Waals surface area contributed by atoms with E-state index in [2.05, 4.69) is 49.5 Å². The van der Waals surface area contributed by atoms with E-state index in [1.807, 2.05) is 43.4 Å². The number of rotatable bonds is 7. The Morgan fingerprint density at radius 3 is 2.58 bits per heavy atom. The molecule has 0 aliphatic carbocycles. The van der Waals surface area contributed by atoms with E-state index in [9.17, 15) is 0 Å². The average Bonchev–Trinajstić information content (AvgIpc) is 3.33. The topological polar surface area (TPSA) is 66.1 Å². The van der Waals surface area contributed by atoms with E-state index >= 15 is 0 Å². The lowest BCUT2D eigenvalue weighted by Gasteiger charge is -2.36. The molecule has 0 amide bonds. The summed E-state index contributed by atoms with van der Waals surface area (Å²) in [7, 11) is 1.84. The summed E-state index contributed by atoms with van der Waals surface area (Å²) in [6.45, 7) is 5.89. The number of nitrogens with one attached hydrogen (secondary N) is 1. The summed E-state index contributed by atoms with van der Waals surface area (Å²) in [4.78, 5) is 9.17. The van der Waals surface area contributed by atoms with Crippen molar-refractivity contribution in [2.75, 3.05) is 33.2 Å². The molecular weight excluding hydrogens is 390 g/mol. The number of hydrogen-bond donors (Lipinski definition) is 1. The van der Waals surface area contributed by atoms with Crippen LogP contribution in [0, 0.1) is 0 Å². The number of aliphatic imine (C=N–C) groups is 1. The third kappa shape index (κ3) is 6.08. The van der Waals surface area contributed by atoms with Crippen LogP contribution in [-0.4, -0.2) is 54.1 Å². The van der Waals surface area contributed by atoms with Gasteiger partial charge in [-0.3, -0.25) is 9.89 Å². The average molecular weight is 420 g/mol. The Hall–Kier alpha value is -3.32. The molecule has 4 rings (SSSR count). The molecule has 1 aliphatic rings. The lowest BCUT2D eigenvalue weighted by molar-refractivity contribution is 0.169. The number of aromatic nitrogens is 1. The second kappa shape index (κ2) is 10.6. The third-order valence-corrected chi connectivity index (χ3v) is 5.36. The van der Waals surface area contributed by atoms with Gasteiger partial charge in [-0.15, -0.1) is 0 Å². The van der Waals surface area contributed by atoms with Gasteiger partial charge in [-0.25, -0.2) is 0 Å². The summed E-state index contributed by atoms with van der Waals surface area (Å²) in [6, 6.07) is 20.3. The Balaban J connectivity index is 1.25. The Kier molecular flexibility index (Phi) is 7.18. The van der Waals surface area contributed by atoms with Gasteiger partial charge in [-0.1, -0.05) is 47.6 Å². The second-order valence-corrected chi connectivity index (χ2v) is 7.58. The molecule has 2 heterocycles. The third-order valence-electron chi connectivity index (χ3n) is 5.36. The fourth-order valence-electron chi connectivity index (χ4n) is 3.67. The molecule has 0 atom stereocenters. The van der Waals surface area contributed by atoms with Crippen LogP contribution in [0.2, 0.25) is 0 Å². The molecule has 31 heavy (non-hydrogen) atoms. The van der Waals surface area contributed by atoms with Crippen LogP contribution in [-0.2, 0) is 19.7 Å². The summed E-state index contributed by atoms with van der Waals surface area (Å²) in [5.74, 6) is 1.80.